The quantitative estimate of drug-likeness (QED) is 0.809. The highest BCUT2D eigenvalue weighted by Gasteiger charge is 2.12. The summed E-state index contributed by atoms with van der Waals surface area (Å²) in [5.41, 5.74) is 4.11. The number of aryl methyl sites for hydroxylation is 1. The molecule has 2 aromatic carbocycles. The van der Waals surface area contributed by atoms with Crippen LogP contribution in [0, 0.1) is 6.92 Å². The monoisotopic (exact) mass is 331 g/mol. The predicted molar refractivity (Wildman–Crippen MR) is 90.3 cm³/mol. The van der Waals surface area contributed by atoms with Crippen molar-refractivity contribution in [1.29, 1.82) is 0 Å². The summed E-state index contributed by atoms with van der Waals surface area (Å²) < 4.78 is 1.15. The van der Waals surface area contributed by atoms with E-state index < -0.39 is 0 Å². The zero-order chi connectivity index (χ0) is 14.4. The maximum Gasteiger partial charge on any atom is 0.0178 e. The molecule has 20 heavy (non-hydrogen) atoms. The average Bonchev–Trinajstić information content (AvgIpc) is 2.45. The first kappa shape index (κ1) is 15.3. The lowest BCUT2D eigenvalue weighted by atomic mass is 9.91. The molecule has 0 spiro atoms. The van der Waals surface area contributed by atoms with Crippen LogP contribution in [0.5, 0.6) is 0 Å². The third kappa shape index (κ3) is 4.46. The van der Waals surface area contributed by atoms with Crippen molar-refractivity contribution < 1.29 is 0 Å². The lowest BCUT2D eigenvalue weighted by Gasteiger charge is -2.18. The van der Waals surface area contributed by atoms with Gasteiger partial charge in [-0.1, -0.05) is 64.8 Å². The maximum absolute atomic E-state index is 3.57. The summed E-state index contributed by atoms with van der Waals surface area (Å²) in [5.74, 6) is 0.509. The van der Waals surface area contributed by atoms with E-state index in [-0.39, 0.29) is 0 Å². The van der Waals surface area contributed by atoms with E-state index in [1.54, 1.807) is 0 Å². The zero-order valence-electron chi connectivity index (χ0n) is 12.2. The summed E-state index contributed by atoms with van der Waals surface area (Å²) in [5, 5.41) is 3.48. The molecule has 106 valence electrons. The summed E-state index contributed by atoms with van der Waals surface area (Å²) >= 11 is 3.57. The maximum atomic E-state index is 3.57. The van der Waals surface area contributed by atoms with Crippen LogP contribution in [-0.2, 0) is 6.42 Å². The molecule has 0 aliphatic carbocycles. The molecular weight excluding hydrogens is 310 g/mol. The van der Waals surface area contributed by atoms with Crippen molar-refractivity contribution >= 4 is 15.9 Å². The molecule has 0 saturated heterocycles. The Kier molecular flexibility index (Phi) is 5.81. The summed E-state index contributed by atoms with van der Waals surface area (Å²) in [6, 6.07) is 17.5. The second kappa shape index (κ2) is 7.61. The van der Waals surface area contributed by atoms with E-state index in [2.05, 4.69) is 83.6 Å². The number of halogens is 1. The number of nitrogens with one attached hydrogen (secondary N) is 1. The van der Waals surface area contributed by atoms with Gasteiger partial charge in [0.25, 0.3) is 0 Å². The Balaban J connectivity index is 2.16. The van der Waals surface area contributed by atoms with Gasteiger partial charge in [-0.25, -0.2) is 0 Å². The van der Waals surface area contributed by atoms with Crippen LogP contribution in [0.1, 0.15) is 29.5 Å². The summed E-state index contributed by atoms with van der Waals surface area (Å²) in [4.78, 5) is 0. The summed E-state index contributed by atoms with van der Waals surface area (Å²) in [7, 11) is 0. The minimum absolute atomic E-state index is 0.509. The SMILES string of the molecule is CCNCC(Cc1ccc(C)cc1)c1cccc(Br)c1. The van der Waals surface area contributed by atoms with Gasteiger partial charge in [0.1, 0.15) is 0 Å². The molecule has 0 aliphatic heterocycles. The van der Waals surface area contributed by atoms with E-state index in [0.29, 0.717) is 5.92 Å². The smallest absolute Gasteiger partial charge is 0.0178 e. The van der Waals surface area contributed by atoms with E-state index in [9.17, 15) is 0 Å². The Bertz CT molecular complexity index is 533. The van der Waals surface area contributed by atoms with Crippen molar-refractivity contribution in [3.05, 3.63) is 69.7 Å². The molecule has 1 atom stereocenters. The molecule has 0 amide bonds. The Labute approximate surface area is 130 Å². The number of likely N-dealkylation sites (N-methyl/N-ethyl adjacent to an activating group) is 1. The van der Waals surface area contributed by atoms with E-state index in [1.165, 1.54) is 16.7 Å². The molecule has 0 aliphatic rings. The van der Waals surface area contributed by atoms with Crippen LogP contribution < -0.4 is 5.32 Å². The van der Waals surface area contributed by atoms with Crippen LogP contribution in [0.15, 0.2) is 53.0 Å². The molecule has 2 rings (SSSR count). The van der Waals surface area contributed by atoms with Gasteiger partial charge in [-0.2, -0.15) is 0 Å². The molecular formula is C18H22BrN. The van der Waals surface area contributed by atoms with Gasteiger partial charge in [0.2, 0.25) is 0 Å². The molecule has 0 heterocycles. The van der Waals surface area contributed by atoms with Crippen LogP contribution >= 0.6 is 15.9 Å². The van der Waals surface area contributed by atoms with Gasteiger partial charge >= 0.3 is 0 Å². The van der Waals surface area contributed by atoms with E-state index in [4.69, 9.17) is 0 Å². The van der Waals surface area contributed by atoms with Gasteiger partial charge in [0, 0.05) is 16.9 Å². The molecule has 2 aromatic rings. The number of hydrogen-bond donors (Lipinski definition) is 1. The first-order chi connectivity index (χ1) is 9.69. The molecule has 0 aromatic heterocycles. The van der Waals surface area contributed by atoms with Crippen LogP contribution in [-0.4, -0.2) is 13.1 Å². The van der Waals surface area contributed by atoms with Gasteiger partial charge in [-0.05, 0) is 43.1 Å². The second-order valence-electron chi connectivity index (χ2n) is 5.25. The molecule has 1 unspecified atom stereocenters. The molecule has 0 radical (unpaired) electrons. The molecule has 2 heteroatoms. The zero-order valence-corrected chi connectivity index (χ0v) is 13.8. The summed E-state index contributed by atoms with van der Waals surface area (Å²) in [6.45, 7) is 6.32. The normalized spacial score (nSPS) is 12.3. The van der Waals surface area contributed by atoms with Crippen molar-refractivity contribution in [2.24, 2.45) is 0 Å². The Morgan fingerprint density at radius 1 is 1.10 bits per heavy atom. The molecule has 0 fully saturated rings. The lowest BCUT2D eigenvalue weighted by molar-refractivity contribution is 0.595. The highest BCUT2D eigenvalue weighted by Crippen LogP contribution is 2.23. The fourth-order valence-electron chi connectivity index (χ4n) is 2.40. The molecule has 1 nitrogen and oxygen atoms in total. The fourth-order valence-corrected chi connectivity index (χ4v) is 2.81. The lowest BCUT2D eigenvalue weighted by Crippen LogP contribution is -2.22. The fraction of sp³-hybridized carbons (Fsp3) is 0.333. The minimum Gasteiger partial charge on any atom is -0.316 e. The van der Waals surface area contributed by atoms with Crippen LogP contribution in [0.2, 0.25) is 0 Å². The topological polar surface area (TPSA) is 12.0 Å². The first-order valence-electron chi connectivity index (χ1n) is 7.20. The van der Waals surface area contributed by atoms with Crippen molar-refractivity contribution in [2.75, 3.05) is 13.1 Å². The third-order valence-electron chi connectivity index (χ3n) is 3.56. The molecule has 0 saturated carbocycles. The first-order valence-corrected chi connectivity index (χ1v) is 8.00. The van der Waals surface area contributed by atoms with Gasteiger partial charge < -0.3 is 5.32 Å². The van der Waals surface area contributed by atoms with Gasteiger partial charge in [-0.15, -0.1) is 0 Å². The van der Waals surface area contributed by atoms with Crippen LogP contribution in [0.3, 0.4) is 0 Å². The minimum atomic E-state index is 0.509. The van der Waals surface area contributed by atoms with E-state index in [0.717, 1.165) is 24.0 Å². The van der Waals surface area contributed by atoms with Crippen molar-refractivity contribution in [1.82, 2.24) is 5.32 Å². The van der Waals surface area contributed by atoms with Crippen LogP contribution in [0.25, 0.3) is 0 Å². The van der Waals surface area contributed by atoms with Gasteiger partial charge in [-0.3, -0.25) is 0 Å². The van der Waals surface area contributed by atoms with Crippen molar-refractivity contribution in [3.8, 4) is 0 Å². The van der Waals surface area contributed by atoms with E-state index >= 15 is 0 Å². The Morgan fingerprint density at radius 2 is 1.85 bits per heavy atom. The standard InChI is InChI=1S/C18H22BrN/c1-3-20-13-17(16-5-4-6-18(19)12-16)11-15-9-7-14(2)8-10-15/h4-10,12,17,20H,3,11,13H2,1-2H3. The second-order valence-corrected chi connectivity index (χ2v) is 6.17. The van der Waals surface area contributed by atoms with Gasteiger partial charge in [0.15, 0.2) is 0 Å². The molecule has 0 bridgehead atoms. The van der Waals surface area contributed by atoms with E-state index in [1.807, 2.05) is 0 Å². The molecule has 1 N–H and O–H groups in total. The highest BCUT2D eigenvalue weighted by atomic mass is 79.9. The number of hydrogen-bond acceptors (Lipinski definition) is 1. The van der Waals surface area contributed by atoms with Crippen LogP contribution in [0.4, 0.5) is 0 Å². The largest absolute Gasteiger partial charge is 0.316 e. The Hall–Kier alpha value is -1.12. The predicted octanol–water partition coefficient (Wildman–Crippen LogP) is 4.69. The van der Waals surface area contributed by atoms with Crippen molar-refractivity contribution in [3.63, 3.8) is 0 Å². The summed E-state index contributed by atoms with van der Waals surface area (Å²) in [6.07, 6.45) is 1.07. The number of rotatable bonds is 6. The third-order valence-corrected chi connectivity index (χ3v) is 4.06. The van der Waals surface area contributed by atoms with Gasteiger partial charge in [0.05, 0.1) is 0 Å². The average molecular weight is 332 g/mol. The van der Waals surface area contributed by atoms with Crippen molar-refractivity contribution in [2.45, 2.75) is 26.2 Å². The highest BCUT2D eigenvalue weighted by molar-refractivity contribution is 9.10. The number of benzene rings is 2. The Morgan fingerprint density at radius 3 is 2.50 bits per heavy atom.